The zero-order valence-electron chi connectivity index (χ0n) is 14.6. The number of aromatic nitrogens is 1. The van der Waals surface area contributed by atoms with Gasteiger partial charge in [-0.2, -0.15) is 0 Å². The molecule has 2 heterocycles. The predicted octanol–water partition coefficient (Wildman–Crippen LogP) is 3.24. The molecule has 1 aromatic heterocycles. The van der Waals surface area contributed by atoms with Gasteiger partial charge in [-0.05, 0) is 30.9 Å². The van der Waals surface area contributed by atoms with Crippen LogP contribution in [0.15, 0.2) is 29.6 Å². The predicted molar refractivity (Wildman–Crippen MR) is 101 cm³/mol. The lowest BCUT2D eigenvalue weighted by Gasteiger charge is -2.29. The quantitative estimate of drug-likeness (QED) is 0.721. The third-order valence-corrected chi connectivity index (χ3v) is 5.37. The van der Waals surface area contributed by atoms with Crippen LogP contribution in [0, 0.1) is 5.92 Å². The zero-order valence-corrected chi connectivity index (χ0v) is 15.4. The minimum atomic E-state index is -0.907. The second-order valence-corrected chi connectivity index (χ2v) is 7.14. The number of likely N-dealkylation sites (tertiary alicyclic amines) is 1. The average Bonchev–Trinajstić information content (AvgIpc) is 3.16. The lowest BCUT2D eigenvalue weighted by molar-refractivity contribution is 0.0948. The van der Waals surface area contributed by atoms with E-state index in [0.29, 0.717) is 42.3 Å². The summed E-state index contributed by atoms with van der Waals surface area (Å²) in [6, 6.07) is 7.27. The Labute approximate surface area is 160 Å². The number of benzene rings is 1. The van der Waals surface area contributed by atoms with E-state index in [9.17, 15) is 14.7 Å². The van der Waals surface area contributed by atoms with Crippen molar-refractivity contribution in [2.45, 2.75) is 19.4 Å². The first-order valence-corrected chi connectivity index (χ1v) is 9.51. The molecule has 0 unspecified atom stereocenters. The van der Waals surface area contributed by atoms with E-state index in [4.69, 9.17) is 9.84 Å². The molecule has 2 aromatic rings. The SMILES string of the molecule is O=C(Nc1ccccc1-c1nc(CO)cs1)OCC1CCN(C(=O)O)CC1. The standard InChI is InChI=1S/C18H21N3O5S/c22-9-13-11-27-16(19-13)14-3-1-2-4-15(14)20-17(23)26-10-12-5-7-21(8-6-12)18(24)25/h1-4,11-12,22H,5-10H2,(H,20,23)(H,24,25). The summed E-state index contributed by atoms with van der Waals surface area (Å²) >= 11 is 1.39. The number of hydrogen-bond donors (Lipinski definition) is 3. The Balaban J connectivity index is 1.55. The summed E-state index contributed by atoms with van der Waals surface area (Å²) in [7, 11) is 0. The number of hydrogen-bond acceptors (Lipinski definition) is 6. The molecule has 0 spiro atoms. The largest absolute Gasteiger partial charge is 0.465 e. The number of nitrogens with zero attached hydrogens (tertiary/aromatic N) is 2. The Bertz CT molecular complexity index is 802. The van der Waals surface area contributed by atoms with Crippen molar-refractivity contribution in [3.05, 3.63) is 35.3 Å². The Hall–Kier alpha value is -2.65. The highest BCUT2D eigenvalue weighted by Gasteiger charge is 2.23. The molecule has 3 rings (SSSR count). The topological polar surface area (TPSA) is 112 Å². The molecule has 1 saturated heterocycles. The molecule has 1 aliphatic rings. The van der Waals surface area contributed by atoms with Crippen LogP contribution < -0.4 is 5.32 Å². The minimum absolute atomic E-state index is 0.130. The van der Waals surface area contributed by atoms with Crippen molar-refractivity contribution in [3.8, 4) is 10.6 Å². The van der Waals surface area contributed by atoms with Gasteiger partial charge in [0.15, 0.2) is 0 Å². The molecule has 8 nitrogen and oxygen atoms in total. The van der Waals surface area contributed by atoms with E-state index in [1.54, 1.807) is 17.5 Å². The number of para-hydroxylation sites is 1. The van der Waals surface area contributed by atoms with Gasteiger partial charge in [0.25, 0.3) is 0 Å². The summed E-state index contributed by atoms with van der Waals surface area (Å²) in [5.74, 6) is 0.160. The van der Waals surface area contributed by atoms with Crippen molar-refractivity contribution in [2.24, 2.45) is 5.92 Å². The van der Waals surface area contributed by atoms with E-state index in [2.05, 4.69) is 10.3 Å². The second-order valence-electron chi connectivity index (χ2n) is 6.28. The monoisotopic (exact) mass is 391 g/mol. The number of amides is 2. The maximum absolute atomic E-state index is 12.2. The van der Waals surface area contributed by atoms with Crippen LogP contribution in [0.3, 0.4) is 0 Å². The van der Waals surface area contributed by atoms with E-state index in [1.807, 2.05) is 12.1 Å². The Kier molecular flexibility index (Phi) is 6.25. The molecular formula is C18H21N3O5S. The smallest absolute Gasteiger partial charge is 0.411 e. The molecule has 0 atom stereocenters. The molecule has 9 heteroatoms. The third-order valence-electron chi connectivity index (χ3n) is 4.44. The Morgan fingerprint density at radius 3 is 2.70 bits per heavy atom. The molecule has 0 bridgehead atoms. The molecule has 0 radical (unpaired) electrons. The van der Waals surface area contributed by atoms with Gasteiger partial charge in [0.2, 0.25) is 0 Å². The van der Waals surface area contributed by atoms with Crippen LogP contribution in [0.5, 0.6) is 0 Å². The van der Waals surface area contributed by atoms with Gasteiger partial charge in [-0.25, -0.2) is 14.6 Å². The highest BCUT2D eigenvalue weighted by Crippen LogP contribution is 2.30. The number of ether oxygens (including phenoxy) is 1. The van der Waals surface area contributed by atoms with Crippen molar-refractivity contribution < 1.29 is 24.5 Å². The Morgan fingerprint density at radius 2 is 2.04 bits per heavy atom. The van der Waals surface area contributed by atoms with E-state index in [-0.39, 0.29) is 19.1 Å². The molecule has 0 aliphatic carbocycles. The molecule has 1 fully saturated rings. The zero-order chi connectivity index (χ0) is 19.2. The molecule has 27 heavy (non-hydrogen) atoms. The molecule has 1 aromatic carbocycles. The van der Waals surface area contributed by atoms with Crippen molar-refractivity contribution in [1.82, 2.24) is 9.88 Å². The number of thiazole rings is 1. The van der Waals surface area contributed by atoms with Crippen molar-refractivity contribution in [1.29, 1.82) is 0 Å². The Morgan fingerprint density at radius 1 is 1.30 bits per heavy atom. The number of carbonyl (C=O) groups excluding carboxylic acids is 1. The van der Waals surface area contributed by atoms with Gasteiger partial charge in [-0.15, -0.1) is 11.3 Å². The lowest BCUT2D eigenvalue weighted by atomic mass is 9.98. The average molecular weight is 391 g/mol. The van der Waals surface area contributed by atoms with Crippen LogP contribution in [0.1, 0.15) is 18.5 Å². The van der Waals surface area contributed by atoms with Crippen molar-refractivity contribution in [2.75, 3.05) is 25.0 Å². The van der Waals surface area contributed by atoms with Crippen molar-refractivity contribution >= 4 is 29.2 Å². The van der Waals surface area contributed by atoms with Crippen LogP contribution in [0.2, 0.25) is 0 Å². The van der Waals surface area contributed by atoms with Gasteiger partial charge in [0, 0.05) is 24.0 Å². The molecule has 144 valence electrons. The van der Waals surface area contributed by atoms with Crippen LogP contribution in [-0.2, 0) is 11.3 Å². The first-order chi connectivity index (χ1) is 13.1. The molecule has 0 saturated carbocycles. The van der Waals surface area contributed by atoms with Crippen LogP contribution in [-0.4, -0.2) is 52.0 Å². The number of piperidine rings is 1. The normalized spacial score (nSPS) is 14.8. The fourth-order valence-electron chi connectivity index (χ4n) is 2.91. The molecular weight excluding hydrogens is 370 g/mol. The number of rotatable bonds is 5. The maximum atomic E-state index is 12.2. The number of aliphatic hydroxyl groups is 1. The van der Waals surface area contributed by atoms with Crippen molar-refractivity contribution in [3.63, 3.8) is 0 Å². The number of carbonyl (C=O) groups is 2. The summed E-state index contributed by atoms with van der Waals surface area (Å²) in [6.45, 7) is 1.05. The van der Waals surface area contributed by atoms with Gasteiger partial charge in [-0.1, -0.05) is 12.1 Å². The van der Waals surface area contributed by atoms with E-state index >= 15 is 0 Å². The van der Waals surface area contributed by atoms with Gasteiger partial charge < -0.3 is 19.8 Å². The summed E-state index contributed by atoms with van der Waals surface area (Å²) in [5.41, 5.74) is 1.93. The minimum Gasteiger partial charge on any atom is -0.465 e. The number of nitrogens with one attached hydrogen (secondary N) is 1. The molecule has 1 aliphatic heterocycles. The van der Waals surface area contributed by atoms with E-state index in [0.717, 1.165) is 5.56 Å². The first kappa shape index (κ1) is 19.1. The summed E-state index contributed by atoms with van der Waals surface area (Å²) in [6.07, 6.45) is -0.101. The highest BCUT2D eigenvalue weighted by molar-refractivity contribution is 7.13. The second kappa shape index (κ2) is 8.83. The number of anilines is 1. The van der Waals surface area contributed by atoms with Gasteiger partial charge in [-0.3, -0.25) is 5.32 Å². The van der Waals surface area contributed by atoms with Gasteiger partial charge >= 0.3 is 12.2 Å². The van der Waals surface area contributed by atoms with E-state index < -0.39 is 12.2 Å². The maximum Gasteiger partial charge on any atom is 0.411 e. The van der Waals surface area contributed by atoms with E-state index in [1.165, 1.54) is 16.2 Å². The fraction of sp³-hybridized carbons (Fsp3) is 0.389. The summed E-state index contributed by atoms with van der Waals surface area (Å²) in [5, 5.41) is 23.3. The summed E-state index contributed by atoms with van der Waals surface area (Å²) < 4.78 is 5.33. The first-order valence-electron chi connectivity index (χ1n) is 8.63. The van der Waals surface area contributed by atoms with Gasteiger partial charge in [0.1, 0.15) is 5.01 Å². The van der Waals surface area contributed by atoms with Crippen LogP contribution >= 0.6 is 11.3 Å². The molecule has 3 N–H and O–H groups in total. The van der Waals surface area contributed by atoms with Gasteiger partial charge in [0.05, 0.1) is 24.6 Å². The molecule has 2 amide bonds. The van der Waals surface area contributed by atoms with Crippen LogP contribution in [0.25, 0.3) is 10.6 Å². The lowest BCUT2D eigenvalue weighted by Crippen LogP contribution is -2.38. The third kappa shape index (κ3) is 4.95. The summed E-state index contributed by atoms with van der Waals surface area (Å²) in [4.78, 5) is 28.8. The highest BCUT2D eigenvalue weighted by atomic mass is 32.1. The number of carboxylic acid groups (broad SMARTS) is 1. The van der Waals surface area contributed by atoms with Crippen LogP contribution in [0.4, 0.5) is 15.3 Å². The fourth-order valence-corrected chi connectivity index (χ4v) is 3.76. The number of aliphatic hydroxyl groups excluding tert-OH is 1.